The van der Waals surface area contributed by atoms with Gasteiger partial charge in [-0.25, -0.2) is 4.79 Å². The molecule has 6 nitrogen and oxygen atoms in total. The maximum absolute atomic E-state index is 12.6. The van der Waals surface area contributed by atoms with E-state index in [1.165, 1.54) is 0 Å². The molecule has 0 aromatic heterocycles. The summed E-state index contributed by atoms with van der Waals surface area (Å²) in [7, 11) is 3.50. The van der Waals surface area contributed by atoms with Gasteiger partial charge in [-0.2, -0.15) is 0 Å². The Morgan fingerprint density at radius 3 is 2.24 bits per heavy atom. The zero-order valence-electron chi connectivity index (χ0n) is 13.1. The Balaban J connectivity index is 1.96. The summed E-state index contributed by atoms with van der Waals surface area (Å²) in [6.45, 7) is 2.73. The Morgan fingerprint density at radius 2 is 1.67 bits per heavy atom. The minimum Gasteiger partial charge on any atom is -0.481 e. The number of hydrogen-bond donors (Lipinski definition) is 1. The molecule has 1 saturated heterocycles. The summed E-state index contributed by atoms with van der Waals surface area (Å²) >= 11 is 0. The molecule has 2 aliphatic rings. The van der Waals surface area contributed by atoms with Crippen molar-refractivity contribution in [3.8, 4) is 0 Å². The molecule has 1 saturated carbocycles. The molecule has 0 bridgehead atoms. The average molecular weight is 298 g/mol. The van der Waals surface area contributed by atoms with E-state index in [4.69, 9.17) is 4.74 Å². The third kappa shape index (κ3) is 3.48. The fraction of sp³-hybridized carbons (Fsp3) is 0.867. The average Bonchev–Trinajstić information content (AvgIpc) is 2.95. The van der Waals surface area contributed by atoms with Crippen molar-refractivity contribution in [2.24, 2.45) is 11.8 Å². The van der Waals surface area contributed by atoms with E-state index >= 15 is 0 Å². The highest BCUT2D eigenvalue weighted by atomic mass is 16.5. The van der Waals surface area contributed by atoms with Gasteiger partial charge < -0.3 is 19.6 Å². The zero-order valence-corrected chi connectivity index (χ0v) is 13.1. The van der Waals surface area contributed by atoms with E-state index in [2.05, 4.69) is 6.92 Å². The number of amides is 2. The number of aliphatic carboxylic acids is 1. The van der Waals surface area contributed by atoms with Crippen LogP contribution in [0.2, 0.25) is 0 Å². The number of nitrogens with zero attached hydrogens (tertiary/aromatic N) is 2. The van der Waals surface area contributed by atoms with Crippen LogP contribution in [0.4, 0.5) is 4.79 Å². The first-order chi connectivity index (χ1) is 9.91. The summed E-state index contributed by atoms with van der Waals surface area (Å²) in [5.41, 5.74) is 0. The van der Waals surface area contributed by atoms with Gasteiger partial charge in [0.05, 0.1) is 19.3 Å². The van der Waals surface area contributed by atoms with Crippen molar-refractivity contribution in [3.05, 3.63) is 0 Å². The van der Waals surface area contributed by atoms with E-state index in [1.54, 1.807) is 16.8 Å². The standard InChI is InChI=1S/C15H26N2O4/c1-10-4-6-11(7-5-10)16(2)15(20)17(3)13-9-21-8-12(13)14(18)19/h10-13H,4-9H2,1-3H3,(H,18,19). The van der Waals surface area contributed by atoms with Gasteiger partial charge in [-0.1, -0.05) is 6.92 Å². The smallest absolute Gasteiger partial charge is 0.320 e. The topological polar surface area (TPSA) is 70.1 Å². The molecule has 0 aromatic rings. The normalized spacial score (nSPS) is 32.7. The first-order valence-corrected chi connectivity index (χ1v) is 7.72. The van der Waals surface area contributed by atoms with Gasteiger partial charge in [0.25, 0.3) is 0 Å². The second-order valence-electron chi connectivity index (χ2n) is 6.47. The highest BCUT2D eigenvalue weighted by molar-refractivity contribution is 5.77. The van der Waals surface area contributed by atoms with E-state index in [-0.39, 0.29) is 24.7 Å². The third-order valence-electron chi connectivity index (χ3n) is 5.00. The number of hydrogen-bond acceptors (Lipinski definition) is 3. The lowest BCUT2D eigenvalue weighted by Crippen LogP contribution is -2.51. The van der Waals surface area contributed by atoms with Gasteiger partial charge in [-0.15, -0.1) is 0 Å². The first kappa shape index (κ1) is 16.1. The highest BCUT2D eigenvalue weighted by Gasteiger charge is 2.40. The molecule has 2 rings (SSSR count). The van der Waals surface area contributed by atoms with Gasteiger partial charge in [-0.3, -0.25) is 4.79 Å². The summed E-state index contributed by atoms with van der Waals surface area (Å²) in [5.74, 6) is -0.785. The molecule has 1 heterocycles. The number of carbonyl (C=O) groups is 2. The monoisotopic (exact) mass is 298 g/mol. The number of likely N-dealkylation sites (N-methyl/N-ethyl adjacent to an activating group) is 1. The van der Waals surface area contributed by atoms with E-state index < -0.39 is 11.9 Å². The lowest BCUT2D eigenvalue weighted by atomic mass is 9.87. The number of carboxylic acid groups (broad SMARTS) is 1. The van der Waals surface area contributed by atoms with Crippen LogP contribution < -0.4 is 0 Å². The number of carboxylic acids is 1. The molecule has 0 radical (unpaired) electrons. The Labute approximate surface area is 126 Å². The number of rotatable bonds is 3. The fourth-order valence-electron chi connectivity index (χ4n) is 3.34. The van der Waals surface area contributed by atoms with Crippen LogP contribution in [0.3, 0.4) is 0 Å². The molecule has 2 fully saturated rings. The van der Waals surface area contributed by atoms with Crippen molar-refractivity contribution in [2.45, 2.75) is 44.7 Å². The predicted octanol–water partition coefficient (Wildman–Crippen LogP) is 1.65. The maximum Gasteiger partial charge on any atom is 0.320 e. The van der Waals surface area contributed by atoms with E-state index in [0.717, 1.165) is 31.6 Å². The molecule has 21 heavy (non-hydrogen) atoms. The summed E-state index contributed by atoms with van der Waals surface area (Å²) in [6, 6.07) is -0.210. The van der Waals surface area contributed by atoms with Crippen molar-refractivity contribution in [1.29, 1.82) is 0 Å². The van der Waals surface area contributed by atoms with Gasteiger partial charge in [0, 0.05) is 20.1 Å². The van der Waals surface area contributed by atoms with Crippen molar-refractivity contribution in [1.82, 2.24) is 9.80 Å². The lowest BCUT2D eigenvalue weighted by Gasteiger charge is -2.37. The van der Waals surface area contributed by atoms with Crippen molar-refractivity contribution in [2.75, 3.05) is 27.3 Å². The Kier molecular flexibility index (Phi) is 5.08. The largest absolute Gasteiger partial charge is 0.481 e. The van der Waals surface area contributed by atoms with Gasteiger partial charge in [0.15, 0.2) is 0 Å². The van der Waals surface area contributed by atoms with Gasteiger partial charge >= 0.3 is 12.0 Å². The molecule has 2 unspecified atom stereocenters. The van der Waals surface area contributed by atoms with Crippen molar-refractivity contribution >= 4 is 12.0 Å². The minimum absolute atomic E-state index is 0.101. The van der Waals surface area contributed by atoms with Crippen LogP contribution in [-0.2, 0) is 9.53 Å². The first-order valence-electron chi connectivity index (χ1n) is 7.72. The predicted molar refractivity (Wildman–Crippen MR) is 78.1 cm³/mol. The highest BCUT2D eigenvalue weighted by Crippen LogP contribution is 2.28. The van der Waals surface area contributed by atoms with Crippen LogP contribution in [0.15, 0.2) is 0 Å². The van der Waals surface area contributed by atoms with Gasteiger partial charge in [-0.05, 0) is 31.6 Å². The van der Waals surface area contributed by atoms with Crippen LogP contribution in [-0.4, -0.2) is 66.3 Å². The molecular weight excluding hydrogens is 272 g/mol. The quantitative estimate of drug-likeness (QED) is 0.860. The van der Waals surface area contributed by atoms with Crippen molar-refractivity contribution in [3.63, 3.8) is 0 Å². The molecule has 1 aliphatic carbocycles. The second kappa shape index (κ2) is 6.64. The lowest BCUT2D eigenvalue weighted by molar-refractivity contribution is -0.142. The molecule has 1 aliphatic heterocycles. The molecule has 1 N–H and O–H groups in total. The molecule has 2 amide bonds. The maximum atomic E-state index is 12.6. The summed E-state index contributed by atoms with van der Waals surface area (Å²) < 4.78 is 5.25. The number of urea groups is 1. The van der Waals surface area contributed by atoms with Gasteiger partial charge in [0.1, 0.15) is 5.92 Å². The van der Waals surface area contributed by atoms with Gasteiger partial charge in [0.2, 0.25) is 0 Å². The van der Waals surface area contributed by atoms with Crippen LogP contribution >= 0.6 is 0 Å². The van der Waals surface area contributed by atoms with E-state index in [0.29, 0.717) is 6.61 Å². The summed E-state index contributed by atoms with van der Waals surface area (Å²) in [4.78, 5) is 27.1. The fourth-order valence-corrected chi connectivity index (χ4v) is 3.34. The number of carbonyl (C=O) groups excluding carboxylic acids is 1. The molecular formula is C15H26N2O4. The van der Waals surface area contributed by atoms with E-state index in [1.807, 2.05) is 7.05 Å². The van der Waals surface area contributed by atoms with Crippen molar-refractivity contribution < 1.29 is 19.4 Å². The Morgan fingerprint density at radius 1 is 1.05 bits per heavy atom. The Hall–Kier alpha value is -1.30. The SMILES string of the molecule is CC1CCC(N(C)C(=O)N(C)C2COCC2C(=O)O)CC1. The second-order valence-corrected chi connectivity index (χ2v) is 6.47. The molecule has 0 aromatic carbocycles. The van der Waals surface area contributed by atoms with Crippen LogP contribution in [0.1, 0.15) is 32.6 Å². The number of ether oxygens (including phenoxy) is 1. The van der Waals surface area contributed by atoms with Crippen LogP contribution in [0.25, 0.3) is 0 Å². The molecule has 6 heteroatoms. The van der Waals surface area contributed by atoms with Crippen LogP contribution in [0.5, 0.6) is 0 Å². The zero-order chi connectivity index (χ0) is 15.6. The van der Waals surface area contributed by atoms with E-state index in [9.17, 15) is 14.7 Å². The molecule has 120 valence electrons. The Bertz CT molecular complexity index is 393. The summed E-state index contributed by atoms with van der Waals surface area (Å²) in [6.07, 6.45) is 4.36. The third-order valence-corrected chi connectivity index (χ3v) is 5.00. The van der Waals surface area contributed by atoms with Crippen LogP contribution in [0, 0.1) is 11.8 Å². The summed E-state index contributed by atoms with van der Waals surface area (Å²) in [5, 5.41) is 9.20. The molecule has 2 atom stereocenters. The minimum atomic E-state index is -0.897. The molecule has 0 spiro atoms.